The summed E-state index contributed by atoms with van der Waals surface area (Å²) < 4.78 is 17.7. The fraction of sp³-hybridized carbons (Fsp3) is 0.500. The number of aliphatic hydroxyl groups is 1. The number of imidazole rings is 1. The molecule has 2 aromatic heterocycles. The lowest BCUT2D eigenvalue weighted by atomic mass is 10.0. The summed E-state index contributed by atoms with van der Waals surface area (Å²) >= 11 is 0. The van der Waals surface area contributed by atoms with Crippen LogP contribution in [0.15, 0.2) is 60.3 Å². The fourth-order valence-electron chi connectivity index (χ4n) is 7.36. The molecule has 1 aliphatic heterocycles. The van der Waals surface area contributed by atoms with Gasteiger partial charge >= 0.3 is 7.82 Å². The van der Waals surface area contributed by atoms with Crippen LogP contribution in [0.5, 0.6) is 0 Å². The molecule has 68 heavy (non-hydrogen) atoms. The Kier molecular flexibility index (Phi) is 20.7. The van der Waals surface area contributed by atoms with Crippen LogP contribution in [0, 0.1) is 17.2 Å². The number of phosphoric acid groups is 1. The summed E-state index contributed by atoms with van der Waals surface area (Å²) in [5.74, 6) is -5.03. The summed E-state index contributed by atoms with van der Waals surface area (Å²) in [5.41, 5.74) is 8.77. The summed E-state index contributed by atoms with van der Waals surface area (Å²) in [5, 5.41) is 33.2. The minimum Gasteiger partial charge on any atom is -0.396 e. The van der Waals surface area contributed by atoms with E-state index in [2.05, 4.69) is 40.9 Å². The van der Waals surface area contributed by atoms with Gasteiger partial charge < -0.3 is 56.2 Å². The number of likely N-dealkylation sites (tertiary alicyclic amines) is 1. The number of aliphatic hydroxyl groups excluding tert-OH is 1. The molecule has 4 rings (SSSR count). The maximum absolute atomic E-state index is 14.1. The van der Waals surface area contributed by atoms with Crippen molar-refractivity contribution in [2.24, 2.45) is 16.8 Å². The van der Waals surface area contributed by atoms with Gasteiger partial charge in [0, 0.05) is 50.1 Å². The number of hydrogen-bond acceptors (Lipinski definition) is 14. The van der Waals surface area contributed by atoms with Gasteiger partial charge in [-0.25, -0.2) is 9.55 Å². The first-order valence-corrected chi connectivity index (χ1v) is 23.6. The van der Waals surface area contributed by atoms with Gasteiger partial charge in [0.05, 0.1) is 36.5 Å². The minimum atomic E-state index is -5.13. The highest BCUT2D eigenvalue weighted by Crippen LogP contribution is 2.38. The first-order valence-electron chi connectivity index (χ1n) is 22.0. The van der Waals surface area contributed by atoms with E-state index in [4.69, 9.17) is 15.8 Å². The molecule has 0 radical (unpaired) electrons. The smallest absolute Gasteiger partial charge is 0.396 e. The zero-order chi connectivity index (χ0) is 50.0. The molecule has 1 aromatic carbocycles. The first kappa shape index (κ1) is 54.0. The molecule has 0 aliphatic carbocycles. The van der Waals surface area contributed by atoms with Crippen LogP contribution in [-0.4, -0.2) is 132 Å². The standard InChI is InChI=1S/C44H60N11O12P/c1-27(2)19-35(51-44(62)38-9-8-17-55(38)29(4)57)41(59)50-36(42(60)52-37(25-56)43(61)53-39(40(46)58)28(3)67-68(63,64)65)20-33-24-47-26-54(33)16-6-5-7-18-66-49-23-30-10-13-32(14-11-30)34-15-12-31(21-45)22-48-34/h10-15,22-24,26-28,35-39,56H,5-9,16-20,25H2,1-4H3,(H2,46,58)(H,50,59)(H,51,62)(H,52,60)(H,53,61)(H2,63,64,65)/b49-23+/t28-,35+,36+,37+,38+,39+/m1/s1. The van der Waals surface area contributed by atoms with E-state index in [0.29, 0.717) is 56.6 Å². The molecule has 23 nitrogen and oxygen atoms in total. The Hall–Kier alpha value is -6.57. The minimum absolute atomic E-state index is 0.112. The lowest BCUT2D eigenvalue weighted by Gasteiger charge is -2.28. The summed E-state index contributed by atoms with van der Waals surface area (Å²) in [6, 6.07) is 6.12. The lowest BCUT2D eigenvalue weighted by Crippen LogP contribution is -2.61. The molecule has 6 atom stereocenters. The molecule has 3 heterocycles. The normalized spacial score (nSPS) is 16.0. The molecule has 1 fully saturated rings. The molecular weight excluding hydrogens is 906 g/mol. The van der Waals surface area contributed by atoms with Crippen molar-refractivity contribution >= 4 is 49.5 Å². The quantitative estimate of drug-likeness (QED) is 0.0236. The third-order valence-electron chi connectivity index (χ3n) is 10.8. The number of oxime groups is 1. The van der Waals surface area contributed by atoms with Crippen molar-refractivity contribution < 1.29 is 57.6 Å². The van der Waals surface area contributed by atoms with Crippen LogP contribution in [0.25, 0.3) is 11.3 Å². The Morgan fingerprint density at radius 1 is 0.956 bits per heavy atom. The van der Waals surface area contributed by atoms with Gasteiger partial charge in [0.25, 0.3) is 0 Å². The highest BCUT2D eigenvalue weighted by molar-refractivity contribution is 7.46. The monoisotopic (exact) mass is 965 g/mol. The van der Waals surface area contributed by atoms with Crippen molar-refractivity contribution in [2.75, 3.05) is 19.8 Å². The fourth-order valence-corrected chi connectivity index (χ4v) is 7.92. The van der Waals surface area contributed by atoms with Crippen molar-refractivity contribution in [1.82, 2.24) is 40.7 Å². The lowest BCUT2D eigenvalue weighted by molar-refractivity contribution is -0.139. The molecule has 3 aromatic rings. The van der Waals surface area contributed by atoms with Gasteiger partial charge in [-0.15, -0.1) is 0 Å². The van der Waals surface area contributed by atoms with E-state index in [0.717, 1.165) is 30.2 Å². The predicted molar refractivity (Wildman–Crippen MR) is 244 cm³/mol. The molecule has 0 saturated carbocycles. The number of nitrogens with one attached hydrogen (secondary N) is 4. The third-order valence-corrected chi connectivity index (χ3v) is 11.5. The van der Waals surface area contributed by atoms with Crippen LogP contribution in [0.1, 0.15) is 83.0 Å². The average Bonchev–Trinajstić information content (AvgIpc) is 3.97. The number of primary amides is 1. The molecule has 368 valence electrons. The maximum Gasteiger partial charge on any atom is 0.469 e. The number of unbranched alkanes of at least 4 members (excludes halogenated alkanes) is 2. The Balaban J connectivity index is 1.42. The Morgan fingerprint density at radius 2 is 1.65 bits per heavy atom. The van der Waals surface area contributed by atoms with E-state index in [1.165, 1.54) is 24.2 Å². The Labute approximate surface area is 393 Å². The summed E-state index contributed by atoms with van der Waals surface area (Å²) in [4.78, 5) is 113. The highest BCUT2D eigenvalue weighted by atomic mass is 31.2. The number of pyridine rings is 1. The molecule has 6 amide bonds. The molecule has 0 spiro atoms. The summed E-state index contributed by atoms with van der Waals surface area (Å²) in [7, 11) is -5.13. The van der Waals surface area contributed by atoms with E-state index in [1.807, 2.05) is 44.2 Å². The second kappa shape index (κ2) is 26.1. The topological polar surface area (TPSA) is 343 Å². The molecule has 0 unspecified atom stereocenters. The van der Waals surface area contributed by atoms with Crippen molar-refractivity contribution in [1.29, 1.82) is 5.26 Å². The number of phosphoric ester groups is 1. The van der Waals surface area contributed by atoms with Gasteiger partial charge in [0.1, 0.15) is 42.9 Å². The molecule has 1 aliphatic rings. The van der Waals surface area contributed by atoms with Crippen LogP contribution in [0.2, 0.25) is 0 Å². The molecule has 24 heteroatoms. The van der Waals surface area contributed by atoms with E-state index in [9.17, 15) is 48.2 Å². The van der Waals surface area contributed by atoms with Gasteiger partial charge in [-0.3, -0.25) is 38.3 Å². The van der Waals surface area contributed by atoms with Crippen LogP contribution in [-0.2, 0) is 55.7 Å². The zero-order valence-corrected chi connectivity index (χ0v) is 39.2. The van der Waals surface area contributed by atoms with Gasteiger partial charge in [0.2, 0.25) is 35.4 Å². The van der Waals surface area contributed by atoms with Crippen molar-refractivity contribution in [3.63, 3.8) is 0 Å². The number of carbonyl (C=O) groups excluding carboxylic acids is 6. The van der Waals surface area contributed by atoms with Crippen molar-refractivity contribution in [3.05, 3.63) is 71.9 Å². The maximum atomic E-state index is 14.1. The number of carbonyl (C=O) groups is 6. The molecule has 1 saturated heterocycles. The van der Waals surface area contributed by atoms with E-state index in [1.54, 1.807) is 29.2 Å². The number of hydrogen-bond donors (Lipinski definition) is 8. The highest BCUT2D eigenvalue weighted by Gasteiger charge is 2.37. The zero-order valence-electron chi connectivity index (χ0n) is 38.3. The molecular formula is C44H60N11O12P. The summed E-state index contributed by atoms with van der Waals surface area (Å²) in [6.45, 7) is 6.25. The van der Waals surface area contributed by atoms with Gasteiger partial charge in [-0.05, 0) is 69.1 Å². The number of aryl methyl sites for hydroxylation is 1. The second-order valence-corrected chi connectivity index (χ2v) is 17.8. The third kappa shape index (κ3) is 16.9. The van der Waals surface area contributed by atoms with Crippen molar-refractivity contribution in [2.45, 2.75) is 115 Å². The van der Waals surface area contributed by atoms with E-state index < -0.39 is 80.3 Å². The van der Waals surface area contributed by atoms with Crippen LogP contribution in [0.3, 0.4) is 0 Å². The van der Waals surface area contributed by atoms with Gasteiger partial charge in [-0.1, -0.05) is 43.3 Å². The van der Waals surface area contributed by atoms with Gasteiger partial charge in [-0.2, -0.15) is 5.26 Å². The number of amides is 6. The molecule has 9 N–H and O–H groups in total. The second-order valence-electron chi connectivity index (χ2n) is 16.6. The Morgan fingerprint density at radius 3 is 2.26 bits per heavy atom. The largest absolute Gasteiger partial charge is 0.469 e. The van der Waals surface area contributed by atoms with E-state index in [-0.39, 0.29) is 24.7 Å². The number of nitriles is 1. The van der Waals surface area contributed by atoms with Crippen LogP contribution in [0.4, 0.5) is 0 Å². The van der Waals surface area contributed by atoms with Crippen molar-refractivity contribution in [3.8, 4) is 17.3 Å². The SMILES string of the molecule is CC(=O)N1CCC[C@H]1C(=O)N[C@@H](CC(C)C)C(=O)N[C@@H](Cc1cncn1CCCCCO/N=C/c1ccc(-c2ccc(C#N)cn2)cc1)C(=O)N[C@@H](CO)C(=O)N[C@H](C(N)=O)[C@@H](C)OP(=O)(O)O. The number of aromatic nitrogens is 3. The van der Waals surface area contributed by atoms with E-state index >= 15 is 0 Å². The van der Waals surface area contributed by atoms with Crippen LogP contribution >= 0.6 is 7.82 Å². The average molecular weight is 966 g/mol. The predicted octanol–water partition coefficient (Wildman–Crippen LogP) is 0.552. The number of benzene rings is 1. The van der Waals surface area contributed by atoms with Gasteiger partial charge in [0.15, 0.2) is 0 Å². The Bertz CT molecular complexity index is 2310. The molecule has 0 bridgehead atoms. The first-order chi connectivity index (χ1) is 32.3. The van der Waals surface area contributed by atoms with Crippen LogP contribution < -0.4 is 27.0 Å². The summed E-state index contributed by atoms with van der Waals surface area (Å²) in [6.07, 6.45) is 7.54. The number of rotatable bonds is 26. The number of nitrogens with two attached hydrogens (primary N) is 1. The number of nitrogens with zero attached hydrogens (tertiary/aromatic N) is 6.